The zero-order chi connectivity index (χ0) is 15.2. The van der Waals surface area contributed by atoms with Gasteiger partial charge in [0.2, 0.25) is 5.91 Å². The molecule has 1 amide bonds. The minimum Gasteiger partial charge on any atom is -0.399 e. The fraction of sp³-hybridized carbons (Fsp3) is 0.188. The van der Waals surface area contributed by atoms with Crippen LogP contribution in [0.25, 0.3) is 0 Å². The van der Waals surface area contributed by atoms with Gasteiger partial charge in [-0.2, -0.15) is 0 Å². The fourth-order valence-electron chi connectivity index (χ4n) is 1.84. The van der Waals surface area contributed by atoms with E-state index in [-0.39, 0.29) is 5.91 Å². The van der Waals surface area contributed by atoms with Crippen LogP contribution in [0.4, 0.5) is 11.4 Å². The third-order valence-corrected chi connectivity index (χ3v) is 4.43. The quantitative estimate of drug-likeness (QED) is 0.640. The van der Waals surface area contributed by atoms with Crippen LogP contribution in [0.15, 0.2) is 47.4 Å². The van der Waals surface area contributed by atoms with Crippen molar-refractivity contribution in [1.29, 1.82) is 0 Å². The van der Waals surface area contributed by atoms with Crippen LogP contribution in [0.3, 0.4) is 0 Å². The van der Waals surface area contributed by atoms with E-state index >= 15 is 0 Å². The normalized spacial score (nSPS) is 10.4. The van der Waals surface area contributed by atoms with Gasteiger partial charge in [-0.05, 0) is 42.3 Å². The predicted octanol–water partition coefficient (Wildman–Crippen LogP) is 4.22. The first-order valence-corrected chi connectivity index (χ1v) is 8.01. The van der Waals surface area contributed by atoms with Gasteiger partial charge in [-0.1, -0.05) is 30.7 Å². The number of benzene rings is 2. The second-order valence-electron chi connectivity index (χ2n) is 4.58. The standard InChI is InChI=1S/C16H17ClN2OS/c1-2-11-4-3-5-13(8-11)19-16(20)10-21-15-7-6-12(18)9-14(15)17/h3-9H,2,10,18H2,1H3,(H,19,20). The lowest BCUT2D eigenvalue weighted by molar-refractivity contribution is -0.113. The summed E-state index contributed by atoms with van der Waals surface area (Å²) in [6.07, 6.45) is 0.944. The molecule has 2 aromatic carbocycles. The van der Waals surface area contributed by atoms with E-state index in [0.717, 1.165) is 17.0 Å². The highest BCUT2D eigenvalue weighted by Crippen LogP contribution is 2.28. The van der Waals surface area contributed by atoms with Gasteiger partial charge in [0.25, 0.3) is 0 Å². The molecule has 21 heavy (non-hydrogen) atoms. The molecule has 0 saturated carbocycles. The second-order valence-corrected chi connectivity index (χ2v) is 6.01. The summed E-state index contributed by atoms with van der Waals surface area (Å²) in [5.41, 5.74) is 8.27. The molecular weight excluding hydrogens is 304 g/mol. The van der Waals surface area contributed by atoms with Gasteiger partial charge in [0.05, 0.1) is 10.8 Å². The van der Waals surface area contributed by atoms with E-state index in [9.17, 15) is 4.79 Å². The number of rotatable bonds is 5. The first kappa shape index (κ1) is 15.7. The minimum absolute atomic E-state index is 0.0545. The van der Waals surface area contributed by atoms with Crippen molar-refractivity contribution in [3.8, 4) is 0 Å². The van der Waals surface area contributed by atoms with Crippen molar-refractivity contribution in [3.63, 3.8) is 0 Å². The maximum Gasteiger partial charge on any atom is 0.234 e. The molecule has 0 bridgehead atoms. The summed E-state index contributed by atoms with van der Waals surface area (Å²) in [6.45, 7) is 2.08. The number of thioether (sulfide) groups is 1. The summed E-state index contributed by atoms with van der Waals surface area (Å²) in [4.78, 5) is 12.8. The van der Waals surface area contributed by atoms with Crippen LogP contribution in [-0.4, -0.2) is 11.7 Å². The van der Waals surface area contributed by atoms with Crippen LogP contribution >= 0.6 is 23.4 Å². The Hall–Kier alpha value is -1.65. The molecule has 0 unspecified atom stereocenters. The third-order valence-electron chi connectivity index (χ3n) is 2.93. The number of carbonyl (C=O) groups is 1. The molecular formula is C16H17ClN2OS. The van der Waals surface area contributed by atoms with Gasteiger partial charge in [-0.25, -0.2) is 0 Å². The Kier molecular flexibility index (Phi) is 5.53. The molecule has 0 aliphatic carbocycles. The van der Waals surface area contributed by atoms with Crippen molar-refractivity contribution >= 4 is 40.6 Å². The maximum absolute atomic E-state index is 12.0. The SMILES string of the molecule is CCc1cccc(NC(=O)CSc2ccc(N)cc2Cl)c1. The minimum atomic E-state index is -0.0545. The fourth-order valence-corrected chi connectivity index (χ4v) is 2.92. The van der Waals surface area contributed by atoms with E-state index in [2.05, 4.69) is 12.2 Å². The number of amides is 1. The van der Waals surface area contributed by atoms with Gasteiger partial charge in [0.15, 0.2) is 0 Å². The van der Waals surface area contributed by atoms with Gasteiger partial charge in [0.1, 0.15) is 0 Å². The van der Waals surface area contributed by atoms with Crippen LogP contribution < -0.4 is 11.1 Å². The Morgan fingerprint density at radius 1 is 1.29 bits per heavy atom. The first-order chi connectivity index (χ1) is 10.1. The number of aryl methyl sites for hydroxylation is 1. The number of nitrogens with two attached hydrogens (primary N) is 1. The molecule has 0 fully saturated rings. The van der Waals surface area contributed by atoms with Crippen LogP contribution in [0.5, 0.6) is 0 Å². The highest BCUT2D eigenvalue weighted by Gasteiger charge is 2.07. The van der Waals surface area contributed by atoms with E-state index in [1.807, 2.05) is 30.3 Å². The van der Waals surface area contributed by atoms with Crippen molar-refractivity contribution in [2.24, 2.45) is 0 Å². The smallest absolute Gasteiger partial charge is 0.234 e. The molecule has 0 spiro atoms. The zero-order valence-electron chi connectivity index (χ0n) is 11.7. The molecule has 2 rings (SSSR count). The number of anilines is 2. The molecule has 0 atom stereocenters. The van der Waals surface area contributed by atoms with E-state index in [4.69, 9.17) is 17.3 Å². The third kappa shape index (κ3) is 4.69. The average Bonchev–Trinajstić information content (AvgIpc) is 2.46. The van der Waals surface area contributed by atoms with Crippen molar-refractivity contribution < 1.29 is 4.79 Å². The lowest BCUT2D eigenvalue weighted by Crippen LogP contribution is -2.14. The van der Waals surface area contributed by atoms with Gasteiger partial charge in [0, 0.05) is 16.3 Å². The molecule has 5 heteroatoms. The Morgan fingerprint density at radius 2 is 2.10 bits per heavy atom. The van der Waals surface area contributed by atoms with Gasteiger partial charge < -0.3 is 11.1 Å². The monoisotopic (exact) mass is 320 g/mol. The molecule has 0 aromatic heterocycles. The summed E-state index contributed by atoms with van der Waals surface area (Å²) < 4.78 is 0. The number of halogens is 1. The molecule has 0 aliphatic rings. The molecule has 0 heterocycles. The lowest BCUT2D eigenvalue weighted by atomic mass is 10.1. The van der Waals surface area contributed by atoms with Crippen molar-refractivity contribution in [2.45, 2.75) is 18.2 Å². The Balaban J connectivity index is 1.92. The predicted molar refractivity (Wildman–Crippen MR) is 91.0 cm³/mol. The Labute approximate surface area is 133 Å². The molecule has 3 N–H and O–H groups in total. The summed E-state index contributed by atoms with van der Waals surface area (Å²) in [5, 5.41) is 3.46. The van der Waals surface area contributed by atoms with Crippen LogP contribution in [-0.2, 0) is 11.2 Å². The van der Waals surface area contributed by atoms with Gasteiger partial charge in [-0.3, -0.25) is 4.79 Å². The van der Waals surface area contributed by atoms with Crippen molar-refractivity contribution in [3.05, 3.63) is 53.1 Å². The first-order valence-electron chi connectivity index (χ1n) is 6.65. The van der Waals surface area contributed by atoms with E-state index in [1.54, 1.807) is 12.1 Å². The summed E-state index contributed by atoms with van der Waals surface area (Å²) in [5.74, 6) is 0.251. The highest BCUT2D eigenvalue weighted by molar-refractivity contribution is 8.00. The molecule has 110 valence electrons. The highest BCUT2D eigenvalue weighted by atomic mass is 35.5. The summed E-state index contributed by atoms with van der Waals surface area (Å²) in [6, 6.07) is 13.1. The number of carbonyl (C=O) groups excluding carboxylic acids is 1. The molecule has 3 nitrogen and oxygen atoms in total. The van der Waals surface area contributed by atoms with Crippen LogP contribution in [0.1, 0.15) is 12.5 Å². The van der Waals surface area contributed by atoms with Crippen molar-refractivity contribution in [2.75, 3.05) is 16.8 Å². The van der Waals surface area contributed by atoms with Crippen LogP contribution in [0.2, 0.25) is 5.02 Å². The largest absolute Gasteiger partial charge is 0.399 e. The topological polar surface area (TPSA) is 55.1 Å². The molecule has 0 radical (unpaired) electrons. The Morgan fingerprint density at radius 3 is 2.81 bits per heavy atom. The lowest BCUT2D eigenvalue weighted by Gasteiger charge is -2.08. The number of hydrogen-bond donors (Lipinski definition) is 2. The second kappa shape index (κ2) is 7.38. The summed E-state index contributed by atoms with van der Waals surface area (Å²) in [7, 11) is 0. The van der Waals surface area contributed by atoms with E-state index in [1.165, 1.54) is 17.3 Å². The molecule has 2 aromatic rings. The Bertz CT molecular complexity index is 646. The van der Waals surface area contributed by atoms with Gasteiger partial charge >= 0.3 is 0 Å². The maximum atomic E-state index is 12.0. The van der Waals surface area contributed by atoms with Gasteiger partial charge in [-0.15, -0.1) is 11.8 Å². The number of nitrogens with one attached hydrogen (secondary N) is 1. The average molecular weight is 321 g/mol. The van der Waals surface area contributed by atoms with Crippen molar-refractivity contribution in [1.82, 2.24) is 0 Å². The summed E-state index contributed by atoms with van der Waals surface area (Å²) >= 11 is 7.47. The van der Waals surface area contributed by atoms with E-state index < -0.39 is 0 Å². The number of hydrogen-bond acceptors (Lipinski definition) is 3. The van der Waals surface area contributed by atoms with Crippen LogP contribution in [0, 0.1) is 0 Å². The van der Waals surface area contributed by atoms with E-state index in [0.29, 0.717) is 16.5 Å². The molecule has 0 aliphatic heterocycles. The zero-order valence-corrected chi connectivity index (χ0v) is 13.3. The number of nitrogen functional groups attached to an aromatic ring is 1. The molecule has 0 saturated heterocycles.